The molecule has 0 radical (unpaired) electrons. The Bertz CT molecular complexity index is 415. The first-order valence-corrected chi connectivity index (χ1v) is 4.12. The van der Waals surface area contributed by atoms with Gasteiger partial charge in [0.25, 0.3) is 0 Å². The average molecular weight is 208 g/mol. The van der Waals surface area contributed by atoms with Gasteiger partial charge in [0.15, 0.2) is 0 Å². The summed E-state index contributed by atoms with van der Waals surface area (Å²) < 4.78 is 0. The second-order valence-corrected chi connectivity index (χ2v) is 2.95. The Morgan fingerprint density at radius 1 is 1.43 bits per heavy atom. The van der Waals surface area contributed by atoms with E-state index in [1.807, 2.05) is 0 Å². The predicted octanol–water partition coefficient (Wildman–Crippen LogP) is 2.33. The van der Waals surface area contributed by atoms with Crippen LogP contribution < -0.4 is 0 Å². The van der Waals surface area contributed by atoms with Crippen LogP contribution in [-0.2, 0) is 4.79 Å². The van der Waals surface area contributed by atoms with Crippen LogP contribution in [0.5, 0.6) is 0 Å². The first-order valence-electron chi connectivity index (χ1n) is 3.74. The van der Waals surface area contributed by atoms with E-state index < -0.39 is 5.97 Å². The molecule has 3 nitrogen and oxygen atoms in total. The zero-order valence-corrected chi connectivity index (χ0v) is 7.82. The summed E-state index contributed by atoms with van der Waals surface area (Å²) in [6.45, 7) is 0. The smallest absolute Gasteiger partial charge is 0.329 e. The second kappa shape index (κ2) is 4.45. The van der Waals surface area contributed by atoms with Crippen molar-refractivity contribution in [3.05, 3.63) is 40.9 Å². The summed E-state index contributed by atoms with van der Waals surface area (Å²) in [6.07, 6.45) is 0.864. The number of aliphatic carboxylic acids is 1. The molecule has 0 unspecified atom stereocenters. The molecule has 70 valence electrons. The lowest BCUT2D eigenvalue weighted by atomic mass is 10.1. The number of hydrogen-bond donors (Lipinski definition) is 1. The van der Waals surface area contributed by atoms with E-state index in [4.69, 9.17) is 22.0 Å². The highest BCUT2D eigenvalue weighted by atomic mass is 35.5. The maximum Gasteiger partial charge on any atom is 0.329 e. The molecular weight excluding hydrogens is 202 g/mol. The van der Waals surface area contributed by atoms with Crippen LogP contribution in [0.15, 0.2) is 30.3 Å². The molecule has 0 aliphatic carbocycles. The Morgan fingerprint density at radius 2 is 2.00 bits per heavy atom. The lowest BCUT2D eigenvalue weighted by molar-refractivity contribution is -0.131. The zero-order valence-electron chi connectivity index (χ0n) is 7.07. The number of benzene rings is 1. The number of nitriles is 1. The SMILES string of the molecule is N#C/C(=C\C(=O)O)c1ccc(Cl)cc1. The molecule has 1 aromatic rings. The van der Waals surface area contributed by atoms with Crippen molar-refractivity contribution >= 4 is 23.1 Å². The van der Waals surface area contributed by atoms with Gasteiger partial charge in [-0.3, -0.25) is 0 Å². The van der Waals surface area contributed by atoms with Gasteiger partial charge in [0.05, 0.1) is 5.57 Å². The van der Waals surface area contributed by atoms with Crippen LogP contribution in [0, 0.1) is 11.3 Å². The third-order valence-electron chi connectivity index (χ3n) is 1.54. The Balaban J connectivity index is 3.09. The summed E-state index contributed by atoms with van der Waals surface area (Å²) >= 11 is 5.65. The molecule has 1 aromatic carbocycles. The molecule has 0 bridgehead atoms. The van der Waals surface area contributed by atoms with E-state index >= 15 is 0 Å². The number of rotatable bonds is 2. The lowest BCUT2D eigenvalue weighted by Crippen LogP contribution is -1.90. The Morgan fingerprint density at radius 3 is 2.43 bits per heavy atom. The van der Waals surface area contributed by atoms with Gasteiger partial charge in [0.2, 0.25) is 0 Å². The van der Waals surface area contributed by atoms with Crippen molar-refractivity contribution in [3.8, 4) is 6.07 Å². The number of carboxylic acid groups (broad SMARTS) is 1. The molecule has 14 heavy (non-hydrogen) atoms. The number of carbonyl (C=O) groups is 1. The molecule has 1 N–H and O–H groups in total. The highest BCUT2D eigenvalue weighted by Crippen LogP contribution is 2.16. The van der Waals surface area contributed by atoms with Crippen LogP contribution in [-0.4, -0.2) is 11.1 Å². The van der Waals surface area contributed by atoms with E-state index in [0.29, 0.717) is 10.6 Å². The van der Waals surface area contributed by atoms with Crippen LogP contribution in [0.1, 0.15) is 5.56 Å². The van der Waals surface area contributed by atoms with Gasteiger partial charge in [0, 0.05) is 11.1 Å². The van der Waals surface area contributed by atoms with Gasteiger partial charge >= 0.3 is 5.97 Å². The average Bonchev–Trinajstić information content (AvgIpc) is 2.15. The fourth-order valence-corrected chi connectivity index (χ4v) is 1.06. The summed E-state index contributed by atoms with van der Waals surface area (Å²) in [6, 6.07) is 8.20. The molecule has 0 saturated carbocycles. The third kappa shape index (κ3) is 2.61. The van der Waals surface area contributed by atoms with Crippen molar-refractivity contribution in [3.63, 3.8) is 0 Å². The minimum absolute atomic E-state index is 0.106. The number of carboxylic acids is 1. The van der Waals surface area contributed by atoms with E-state index in [1.165, 1.54) is 0 Å². The van der Waals surface area contributed by atoms with Crippen LogP contribution in [0.25, 0.3) is 5.57 Å². The van der Waals surface area contributed by atoms with Gasteiger partial charge < -0.3 is 5.11 Å². The number of allylic oxidation sites excluding steroid dienone is 1. The highest BCUT2D eigenvalue weighted by molar-refractivity contribution is 6.30. The Labute approximate surface area is 85.9 Å². The summed E-state index contributed by atoms with van der Waals surface area (Å²) in [4.78, 5) is 10.4. The van der Waals surface area contributed by atoms with E-state index in [0.717, 1.165) is 6.08 Å². The molecular formula is C10H6ClNO2. The standard InChI is InChI=1S/C10H6ClNO2/c11-9-3-1-7(2-4-9)8(6-12)5-10(13)14/h1-5H,(H,13,14)/b8-5+. The third-order valence-corrected chi connectivity index (χ3v) is 1.80. The number of halogens is 1. The maximum absolute atomic E-state index is 10.4. The van der Waals surface area contributed by atoms with Crippen LogP contribution in [0.3, 0.4) is 0 Å². The van der Waals surface area contributed by atoms with E-state index in [9.17, 15) is 4.79 Å². The summed E-state index contributed by atoms with van der Waals surface area (Å²) in [7, 11) is 0. The van der Waals surface area contributed by atoms with E-state index in [-0.39, 0.29) is 5.57 Å². The molecule has 0 amide bonds. The van der Waals surface area contributed by atoms with Gasteiger partial charge in [-0.05, 0) is 17.7 Å². The zero-order chi connectivity index (χ0) is 10.6. The van der Waals surface area contributed by atoms with Gasteiger partial charge in [-0.1, -0.05) is 23.7 Å². The molecule has 0 atom stereocenters. The van der Waals surface area contributed by atoms with Gasteiger partial charge in [-0.15, -0.1) is 0 Å². The normalized spacial score (nSPS) is 10.7. The second-order valence-electron chi connectivity index (χ2n) is 2.51. The quantitative estimate of drug-likeness (QED) is 0.598. The molecule has 0 heterocycles. The van der Waals surface area contributed by atoms with Crippen molar-refractivity contribution in [2.75, 3.05) is 0 Å². The molecule has 0 aliphatic heterocycles. The van der Waals surface area contributed by atoms with E-state index in [1.54, 1.807) is 30.3 Å². The largest absolute Gasteiger partial charge is 0.478 e. The van der Waals surface area contributed by atoms with Gasteiger partial charge in [0.1, 0.15) is 6.07 Å². The predicted molar refractivity (Wildman–Crippen MR) is 52.7 cm³/mol. The molecule has 0 aliphatic rings. The van der Waals surface area contributed by atoms with Crippen LogP contribution >= 0.6 is 11.6 Å². The summed E-state index contributed by atoms with van der Waals surface area (Å²) in [5.41, 5.74) is 0.647. The van der Waals surface area contributed by atoms with Crippen LogP contribution in [0.2, 0.25) is 5.02 Å². The van der Waals surface area contributed by atoms with Crippen molar-refractivity contribution < 1.29 is 9.90 Å². The Hall–Kier alpha value is -1.79. The fourth-order valence-electron chi connectivity index (χ4n) is 0.933. The molecule has 0 aromatic heterocycles. The molecule has 0 fully saturated rings. The fraction of sp³-hybridized carbons (Fsp3) is 0. The topological polar surface area (TPSA) is 61.1 Å². The molecule has 1 rings (SSSR count). The lowest BCUT2D eigenvalue weighted by Gasteiger charge is -1.97. The molecule has 0 spiro atoms. The van der Waals surface area contributed by atoms with Gasteiger partial charge in [-0.25, -0.2) is 4.79 Å². The number of nitrogens with zero attached hydrogens (tertiary/aromatic N) is 1. The number of hydrogen-bond acceptors (Lipinski definition) is 2. The minimum Gasteiger partial charge on any atom is -0.478 e. The Kier molecular flexibility index (Phi) is 3.27. The highest BCUT2D eigenvalue weighted by Gasteiger charge is 2.02. The van der Waals surface area contributed by atoms with Crippen molar-refractivity contribution in [1.29, 1.82) is 5.26 Å². The molecule has 0 saturated heterocycles. The first kappa shape index (κ1) is 10.3. The van der Waals surface area contributed by atoms with Crippen molar-refractivity contribution in [1.82, 2.24) is 0 Å². The maximum atomic E-state index is 10.4. The monoisotopic (exact) mass is 207 g/mol. The van der Waals surface area contributed by atoms with Crippen molar-refractivity contribution in [2.24, 2.45) is 0 Å². The van der Waals surface area contributed by atoms with E-state index in [2.05, 4.69) is 0 Å². The molecule has 4 heteroatoms. The van der Waals surface area contributed by atoms with Crippen molar-refractivity contribution in [2.45, 2.75) is 0 Å². The summed E-state index contributed by atoms with van der Waals surface area (Å²) in [5.74, 6) is -1.14. The van der Waals surface area contributed by atoms with Crippen LogP contribution in [0.4, 0.5) is 0 Å². The first-order chi connectivity index (χ1) is 6.63. The van der Waals surface area contributed by atoms with Gasteiger partial charge in [-0.2, -0.15) is 5.26 Å². The minimum atomic E-state index is -1.14. The summed E-state index contributed by atoms with van der Waals surface area (Å²) in [5, 5.41) is 17.7.